The van der Waals surface area contributed by atoms with Crippen LogP contribution in [0.4, 0.5) is 11.4 Å². The quantitative estimate of drug-likeness (QED) is 0.582. The zero-order valence-electron chi connectivity index (χ0n) is 11.5. The first-order valence-electron chi connectivity index (χ1n) is 6.29. The van der Waals surface area contributed by atoms with E-state index in [1.165, 1.54) is 4.42 Å². The van der Waals surface area contributed by atoms with Crippen LogP contribution in [0.2, 0.25) is 15.1 Å². The number of halogens is 4. The van der Waals surface area contributed by atoms with Gasteiger partial charge in [0.2, 0.25) is 5.91 Å². The predicted octanol–water partition coefficient (Wildman–Crippen LogP) is 5.27. The van der Waals surface area contributed by atoms with Gasteiger partial charge in [0.15, 0.2) is 0 Å². The van der Waals surface area contributed by atoms with Crippen molar-refractivity contribution in [2.24, 2.45) is 5.73 Å². The Kier molecular flexibility index (Phi) is 5.45. The third-order valence-electron chi connectivity index (χ3n) is 3.14. The molecule has 2 aromatic rings. The molecule has 0 heterocycles. The summed E-state index contributed by atoms with van der Waals surface area (Å²) >= 11 is 24.9. The molecule has 2 N–H and O–H groups in total. The van der Waals surface area contributed by atoms with E-state index in [1.54, 1.807) is 37.3 Å². The van der Waals surface area contributed by atoms with Crippen LogP contribution in [0.5, 0.6) is 0 Å². The van der Waals surface area contributed by atoms with Gasteiger partial charge in [-0.2, -0.15) is 0 Å². The predicted molar refractivity (Wildman–Crippen MR) is 93.5 cm³/mol. The fourth-order valence-electron chi connectivity index (χ4n) is 2.03. The minimum absolute atomic E-state index is 0.0668. The highest BCUT2D eigenvalue weighted by molar-refractivity contribution is 6.46. The van der Waals surface area contributed by atoms with Crippen molar-refractivity contribution >= 4 is 63.9 Å². The fourth-order valence-corrected chi connectivity index (χ4v) is 3.04. The third-order valence-corrected chi connectivity index (χ3v) is 4.86. The molecule has 0 spiro atoms. The molecule has 0 saturated heterocycles. The number of primary amides is 1. The summed E-state index contributed by atoms with van der Waals surface area (Å²) in [5, 5.41) is 1.11. The maximum atomic E-state index is 11.2. The van der Waals surface area contributed by atoms with E-state index in [9.17, 15) is 4.79 Å². The van der Waals surface area contributed by atoms with Gasteiger partial charge in [0, 0.05) is 11.8 Å². The molecule has 1 amide bonds. The first kappa shape index (κ1) is 17.2. The van der Waals surface area contributed by atoms with Gasteiger partial charge in [-0.3, -0.25) is 9.21 Å². The van der Waals surface area contributed by atoms with Gasteiger partial charge in [0.05, 0.1) is 32.9 Å². The summed E-state index contributed by atoms with van der Waals surface area (Å²) in [6.45, 7) is 1.75. The molecule has 116 valence electrons. The van der Waals surface area contributed by atoms with E-state index in [4.69, 9.17) is 52.3 Å². The number of para-hydroxylation sites is 1. The number of nitrogens with zero attached hydrogens (tertiary/aromatic N) is 1. The molecule has 22 heavy (non-hydrogen) atoms. The molecule has 0 bridgehead atoms. The van der Waals surface area contributed by atoms with Gasteiger partial charge in [-0.05, 0) is 30.2 Å². The van der Waals surface area contributed by atoms with Crippen LogP contribution in [0, 0.1) is 6.92 Å². The average Bonchev–Trinajstić information content (AvgIpc) is 2.48. The lowest BCUT2D eigenvalue weighted by Gasteiger charge is -2.22. The summed E-state index contributed by atoms with van der Waals surface area (Å²) in [6.07, 6.45) is 0.0668. The number of carbonyl (C=O) groups is 1. The van der Waals surface area contributed by atoms with E-state index >= 15 is 0 Å². The molecule has 0 atom stereocenters. The monoisotopic (exact) mass is 376 g/mol. The molecule has 0 aliphatic rings. The molecule has 0 aliphatic carbocycles. The van der Waals surface area contributed by atoms with E-state index in [0.717, 1.165) is 0 Å². The lowest BCUT2D eigenvalue weighted by Crippen LogP contribution is -2.16. The largest absolute Gasteiger partial charge is 0.369 e. The zero-order chi connectivity index (χ0) is 16.4. The Morgan fingerprint density at radius 2 is 1.77 bits per heavy atom. The molecule has 0 fully saturated rings. The average molecular weight is 378 g/mol. The molecule has 0 unspecified atom stereocenters. The molecular weight excluding hydrogens is 366 g/mol. The number of hydrogen-bond acceptors (Lipinski definition) is 2. The highest BCUT2D eigenvalue weighted by Crippen LogP contribution is 2.42. The SMILES string of the molecule is Cc1c(Cl)c(Cl)cc(N(Cl)c2ccccc2CC(N)=O)c1Cl. The lowest BCUT2D eigenvalue weighted by atomic mass is 10.1. The van der Waals surface area contributed by atoms with E-state index in [0.29, 0.717) is 37.6 Å². The van der Waals surface area contributed by atoms with Gasteiger partial charge in [-0.25, -0.2) is 0 Å². The minimum atomic E-state index is -0.450. The van der Waals surface area contributed by atoms with Gasteiger partial charge in [0.1, 0.15) is 0 Å². The van der Waals surface area contributed by atoms with E-state index in [-0.39, 0.29) is 6.42 Å². The second-order valence-electron chi connectivity index (χ2n) is 4.68. The first-order valence-corrected chi connectivity index (χ1v) is 7.76. The number of amides is 1. The van der Waals surface area contributed by atoms with Crippen molar-refractivity contribution in [1.82, 2.24) is 0 Å². The van der Waals surface area contributed by atoms with Crippen LogP contribution in [0.3, 0.4) is 0 Å². The summed E-state index contributed by atoms with van der Waals surface area (Å²) in [6, 6.07) is 8.71. The summed E-state index contributed by atoms with van der Waals surface area (Å²) < 4.78 is 1.34. The fraction of sp³-hybridized carbons (Fsp3) is 0.133. The van der Waals surface area contributed by atoms with Crippen molar-refractivity contribution in [1.29, 1.82) is 0 Å². The van der Waals surface area contributed by atoms with Crippen molar-refractivity contribution in [2.45, 2.75) is 13.3 Å². The van der Waals surface area contributed by atoms with Crippen LogP contribution in [0.15, 0.2) is 30.3 Å². The van der Waals surface area contributed by atoms with Gasteiger partial charge in [0.25, 0.3) is 0 Å². The molecule has 7 heteroatoms. The summed E-state index contributed by atoms with van der Waals surface area (Å²) in [7, 11) is 0. The Balaban J connectivity index is 2.54. The van der Waals surface area contributed by atoms with Crippen LogP contribution in [-0.2, 0) is 11.2 Å². The lowest BCUT2D eigenvalue weighted by molar-refractivity contribution is -0.117. The summed E-state index contributed by atoms with van der Waals surface area (Å²) in [5.74, 6) is -0.450. The number of rotatable bonds is 4. The molecule has 0 saturated carbocycles. The van der Waals surface area contributed by atoms with Crippen molar-refractivity contribution in [3.63, 3.8) is 0 Å². The standard InChI is InChI=1S/C15H12Cl4N2O/c1-8-14(17)10(16)7-12(15(8)18)21(19)11-5-3-2-4-9(11)6-13(20)22/h2-5,7H,6H2,1H3,(H2,20,22). The Bertz CT molecular complexity index is 734. The molecule has 0 aromatic heterocycles. The Hall–Kier alpha value is -1.13. The number of benzene rings is 2. The molecular formula is C15H12Cl4N2O. The molecule has 0 aliphatic heterocycles. The normalized spacial score (nSPS) is 10.6. The molecule has 2 aromatic carbocycles. The second-order valence-corrected chi connectivity index (χ2v) is 6.18. The van der Waals surface area contributed by atoms with E-state index < -0.39 is 5.91 Å². The van der Waals surface area contributed by atoms with Gasteiger partial charge < -0.3 is 5.73 Å². The maximum Gasteiger partial charge on any atom is 0.221 e. The highest BCUT2D eigenvalue weighted by Gasteiger charge is 2.19. The van der Waals surface area contributed by atoms with Crippen LogP contribution in [0.1, 0.15) is 11.1 Å². The topological polar surface area (TPSA) is 46.3 Å². The number of nitrogens with two attached hydrogens (primary N) is 1. The van der Waals surface area contributed by atoms with Crippen molar-refractivity contribution in [2.75, 3.05) is 4.42 Å². The van der Waals surface area contributed by atoms with Crippen molar-refractivity contribution < 1.29 is 4.79 Å². The molecule has 0 radical (unpaired) electrons. The zero-order valence-corrected chi connectivity index (χ0v) is 14.6. The van der Waals surface area contributed by atoms with E-state index in [2.05, 4.69) is 0 Å². The second kappa shape index (κ2) is 6.97. The minimum Gasteiger partial charge on any atom is -0.369 e. The van der Waals surface area contributed by atoms with E-state index in [1.807, 2.05) is 0 Å². The van der Waals surface area contributed by atoms with Crippen LogP contribution < -0.4 is 10.2 Å². The summed E-state index contributed by atoms with van der Waals surface area (Å²) in [5.41, 5.74) is 7.66. The van der Waals surface area contributed by atoms with Crippen LogP contribution in [0.25, 0.3) is 0 Å². The van der Waals surface area contributed by atoms with Crippen LogP contribution in [-0.4, -0.2) is 5.91 Å². The Labute approximate surface area is 148 Å². The van der Waals surface area contributed by atoms with Gasteiger partial charge in [-0.15, -0.1) is 0 Å². The molecule has 3 nitrogen and oxygen atoms in total. The highest BCUT2D eigenvalue weighted by atomic mass is 35.5. The number of hydrogen-bond donors (Lipinski definition) is 1. The number of carbonyl (C=O) groups excluding carboxylic acids is 1. The number of anilines is 2. The van der Waals surface area contributed by atoms with Gasteiger partial charge in [-0.1, -0.05) is 53.0 Å². The van der Waals surface area contributed by atoms with Gasteiger partial charge >= 0.3 is 0 Å². The Morgan fingerprint density at radius 1 is 1.14 bits per heavy atom. The molecule has 2 rings (SSSR count). The third kappa shape index (κ3) is 3.44. The maximum absolute atomic E-state index is 11.2. The van der Waals surface area contributed by atoms with Crippen molar-refractivity contribution in [3.8, 4) is 0 Å². The van der Waals surface area contributed by atoms with Crippen LogP contribution >= 0.6 is 46.6 Å². The smallest absolute Gasteiger partial charge is 0.221 e. The summed E-state index contributed by atoms with van der Waals surface area (Å²) in [4.78, 5) is 11.2. The van der Waals surface area contributed by atoms with Crippen molar-refractivity contribution in [3.05, 3.63) is 56.5 Å². The first-order chi connectivity index (χ1) is 10.3. The Morgan fingerprint density at radius 3 is 2.41 bits per heavy atom.